The number of rotatable bonds is 8. The second-order valence-electron chi connectivity index (χ2n) is 7.17. The topological polar surface area (TPSA) is 46.1 Å². The quantitative estimate of drug-likeness (QED) is 0.212. The van der Waals surface area contributed by atoms with E-state index in [2.05, 4.69) is 41.2 Å². The maximum atomic E-state index is 13.2. The Bertz CT molecular complexity index is 1160. The summed E-state index contributed by atoms with van der Waals surface area (Å²) in [5, 5.41) is 1.34. The standard InChI is InChI=1S/C24H22ClN3OS2/c1-17-7-10-20(11-8-17)30-14-4-6-23(29)28(16-19-5-2-3-13-26-19)24-27-21-12-9-18(25)15-22(21)31-24/h2-3,5,7-13,15H,4,6,14,16H2,1H3. The monoisotopic (exact) mass is 467 g/mol. The number of aromatic nitrogens is 2. The Morgan fingerprint density at radius 1 is 1.13 bits per heavy atom. The summed E-state index contributed by atoms with van der Waals surface area (Å²) < 4.78 is 0.969. The number of benzene rings is 2. The highest BCUT2D eigenvalue weighted by Gasteiger charge is 2.20. The maximum Gasteiger partial charge on any atom is 0.229 e. The third-order valence-electron chi connectivity index (χ3n) is 4.74. The molecule has 0 aliphatic heterocycles. The number of anilines is 1. The van der Waals surface area contributed by atoms with Crippen LogP contribution < -0.4 is 4.90 Å². The van der Waals surface area contributed by atoms with E-state index in [1.165, 1.54) is 21.8 Å². The molecule has 0 N–H and O–H groups in total. The summed E-state index contributed by atoms with van der Waals surface area (Å²) in [6.45, 7) is 2.48. The molecule has 0 saturated carbocycles. The molecule has 4 nitrogen and oxygen atoms in total. The molecule has 7 heteroatoms. The van der Waals surface area contributed by atoms with E-state index in [1.807, 2.05) is 36.4 Å². The van der Waals surface area contributed by atoms with Gasteiger partial charge in [0.2, 0.25) is 5.91 Å². The molecule has 0 radical (unpaired) electrons. The highest BCUT2D eigenvalue weighted by atomic mass is 35.5. The predicted octanol–water partition coefficient (Wildman–Crippen LogP) is 6.76. The van der Waals surface area contributed by atoms with Gasteiger partial charge in [0.05, 0.1) is 22.5 Å². The van der Waals surface area contributed by atoms with E-state index in [4.69, 9.17) is 11.6 Å². The van der Waals surface area contributed by atoms with E-state index < -0.39 is 0 Å². The smallest absolute Gasteiger partial charge is 0.229 e. The zero-order chi connectivity index (χ0) is 21.6. The fourth-order valence-corrected chi connectivity index (χ4v) is 5.21. The molecule has 0 aliphatic carbocycles. The molecule has 2 aromatic heterocycles. The van der Waals surface area contributed by atoms with Crippen LogP contribution in [0.2, 0.25) is 5.02 Å². The molecule has 0 unspecified atom stereocenters. The van der Waals surface area contributed by atoms with Crippen LogP contribution in [0.25, 0.3) is 10.2 Å². The van der Waals surface area contributed by atoms with Crippen LogP contribution in [0.15, 0.2) is 71.8 Å². The van der Waals surface area contributed by atoms with Crippen molar-refractivity contribution in [2.24, 2.45) is 0 Å². The second kappa shape index (κ2) is 10.3. The second-order valence-corrected chi connectivity index (χ2v) is 9.79. The third kappa shape index (κ3) is 5.85. The number of thioether (sulfide) groups is 1. The van der Waals surface area contributed by atoms with E-state index in [1.54, 1.807) is 22.9 Å². The normalized spacial score (nSPS) is 11.0. The molecule has 1 amide bonds. The van der Waals surface area contributed by atoms with Crippen molar-refractivity contribution in [2.75, 3.05) is 10.7 Å². The van der Waals surface area contributed by atoms with E-state index >= 15 is 0 Å². The minimum atomic E-state index is 0.0558. The Labute approximate surface area is 195 Å². The summed E-state index contributed by atoms with van der Waals surface area (Å²) in [5.41, 5.74) is 2.93. The number of amides is 1. The van der Waals surface area contributed by atoms with E-state index in [0.29, 0.717) is 23.1 Å². The van der Waals surface area contributed by atoms with Crippen LogP contribution in [0.1, 0.15) is 24.1 Å². The average Bonchev–Trinajstić information content (AvgIpc) is 3.19. The molecule has 4 rings (SSSR count). The van der Waals surface area contributed by atoms with Crippen molar-refractivity contribution in [3.05, 3.63) is 83.1 Å². The summed E-state index contributed by atoms with van der Waals surface area (Å²) in [4.78, 5) is 25.2. The van der Waals surface area contributed by atoms with Gasteiger partial charge in [-0.05, 0) is 61.6 Å². The van der Waals surface area contributed by atoms with Gasteiger partial charge in [-0.3, -0.25) is 14.7 Å². The fourth-order valence-electron chi connectivity index (χ4n) is 3.10. The molecule has 0 fully saturated rings. The molecular formula is C24H22ClN3OS2. The first kappa shape index (κ1) is 21.8. The van der Waals surface area contributed by atoms with Gasteiger partial charge in [0.1, 0.15) is 0 Å². The third-order valence-corrected chi connectivity index (χ3v) is 7.12. The lowest BCUT2D eigenvalue weighted by atomic mass is 10.2. The average molecular weight is 468 g/mol. The van der Waals surface area contributed by atoms with Crippen molar-refractivity contribution in [3.63, 3.8) is 0 Å². The Kier molecular flexibility index (Phi) is 7.22. The van der Waals surface area contributed by atoms with Gasteiger partial charge in [-0.15, -0.1) is 11.8 Å². The molecule has 2 aromatic carbocycles. The highest BCUT2D eigenvalue weighted by Crippen LogP contribution is 2.32. The van der Waals surface area contributed by atoms with Gasteiger partial charge in [0, 0.05) is 22.5 Å². The number of halogens is 1. The van der Waals surface area contributed by atoms with Crippen molar-refractivity contribution in [2.45, 2.75) is 31.2 Å². The Balaban J connectivity index is 1.46. The van der Waals surface area contributed by atoms with Gasteiger partial charge in [-0.25, -0.2) is 4.98 Å². The summed E-state index contributed by atoms with van der Waals surface area (Å²) >= 11 is 9.39. The zero-order valence-corrected chi connectivity index (χ0v) is 19.5. The van der Waals surface area contributed by atoms with E-state index in [0.717, 1.165) is 28.1 Å². The van der Waals surface area contributed by atoms with Gasteiger partial charge in [-0.1, -0.05) is 46.7 Å². The van der Waals surface area contributed by atoms with E-state index in [-0.39, 0.29) is 5.91 Å². The number of thiazole rings is 1. The predicted molar refractivity (Wildman–Crippen MR) is 131 cm³/mol. The lowest BCUT2D eigenvalue weighted by Crippen LogP contribution is -2.30. The summed E-state index contributed by atoms with van der Waals surface area (Å²) in [5.74, 6) is 0.946. The largest absolute Gasteiger partial charge is 0.282 e. The number of carbonyl (C=O) groups is 1. The molecule has 158 valence electrons. The first-order valence-corrected chi connectivity index (χ1v) is 12.2. The maximum absolute atomic E-state index is 13.2. The van der Waals surface area contributed by atoms with Gasteiger partial charge in [-0.2, -0.15) is 0 Å². The van der Waals surface area contributed by atoms with Crippen molar-refractivity contribution in [1.82, 2.24) is 9.97 Å². The van der Waals surface area contributed by atoms with Gasteiger partial charge in [0.25, 0.3) is 0 Å². The Hall–Kier alpha value is -2.41. The number of hydrogen-bond acceptors (Lipinski definition) is 5. The SMILES string of the molecule is Cc1ccc(SCCCC(=O)N(Cc2ccccn2)c2nc3ccc(Cl)cc3s2)cc1. The number of fused-ring (bicyclic) bond motifs is 1. The molecule has 0 bridgehead atoms. The zero-order valence-electron chi connectivity index (χ0n) is 17.1. The lowest BCUT2D eigenvalue weighted by molar-refractivity contribution is -0.118. The first-order chi connectivity index (χ1) is 15.1. The molecule has 4 aromatic rings. The number of hydrogen-bond donors (Lipinski definition) is 0. The van der Waals surface area contributed by atoms with Crippen molar-refractivity contribution in [3.8, 4) is 0 Å². The molecular weight excluding hydrogens is 446 g/mol. The van der Waals surface area contributed by atoms with Crippen molar-refractivity contribution >= 4 is 56.0 Å². The van der Waals surface area contributed by atoms with Crippen LogP contribution in [0.4, 0.5) is 5.13 Å². The van der Waals surface area contributed by atoms with Crippen LogP contribution in [-0.2, 0) is 11.3 Å². The molecule has 2 heterocycles. The highest BCUT2D eigenvalue weighted by molar-refractivity contribution is 7.99. The number of pyridine rings is 1. The fraction of sp³-hybridized carbons (Fsp3) is 0.208. The molecule has 0 saturated heterocycles. The molecule has 0 spiro atoms. The van der Waals surface area contributed by atoms with Crippen LogP contribution in [-0.4, -0.2) is 21.6 Å². The Morgan fingerprint density at radius 3 is 2.74 bits per heavy atom. The minimum Gasteiger partial charge on any atom is -0.282 e. The summed E-state index contributed by atoms with van der Waals surface area (Å²) in [7, 11) is 0. The Morgan fingerprint density at radius 2 is 1.97 bits per heavy atom. The van der Waals surface area contributed by atoms with E-state index in [9.17, 15) is 4.79 Å². The van der Waals surface area contributed by atoms with Gasteiger partial charge < -0.3 is 0 Å². The number of nitrogens with zero attached hydrogens (tertiary/aromatic N) is 3. The van der Waals surface area contributed by atoms with Crippen LogP contribution in [0, 0.1) is 6.92 Å². The van der Waals surface area contributed by atoms with Crippen molar-refractivity contribution in [1.29, 1.82) is 0 Å². The lowest BCUT2D eigenvalue weighted by Gasteiger charge is -2.19. The molecule has 0 aliphatic rings. The van der Waals surface area contributed by atoms with Crippen LogP contribution >= 0.6 is 34.7 Å². The summed E-state index contributed by atoms with van der Waals surface area (Å²) in [6, 6.07) is 19.8. The van der Waals surface area contributed by atoms with Gasteiger partial charge in [0.15, 0.2) is 5.13 Å². The molecule has 31 heavy (non-hydrogen) atoms. The number of carbonyl (C=O) groups excluding carboxylic acids is 1. The first-order valence-electron chi connectivity index (χ1n) is 10.0. The molecule has 0 atom stereocenters. The summed E-state index contributed by atoms with van der Waals surface area (Å²) in [6.07, 6.45) is 3.00. The minimum absolute atomic E-state index is 0.0558. The van der Waals surface area contributed by atoms with Gasteiger partial charge >= 0.3 is 0 Å². The van der Waals surface area contributed by atoms with Crippen molar-refractivity contribution < 1.29 is 4.79 Å². The number of aryl methyl sites for hydroxylation is 1. The van der Waals surface area contributed by atoms with Crippen LogP contribution in [0.3, 0.4) is 0 Å². The van der Waals surface area contributed by atoms with Crippen LogP contribution in [0.5, 0.6) is 0 Å².